The first-order chi connectivity index (χ1) is 7.25. The lowest BCUT2D eigenvalue weighted by molar-refractivity contribution is 0.102. The maximum Gasteiger partial charge on any atom is 0.277 e. The molecule has 0 aliphatic rings. The van der Waals surface area contributed by atoms with E-state index in [0.29, 0.717) is 5.82 Å². The first-order valence-electron chi connectivity index (χ1n) is 4.33. The van der Waals surface area contributed by atoms with Crippen molar-refractivity contribution in [1.29, 1.82) is 0 Å². The molecule has 6 nitrogen and oxygen atoms in total. The van der Waals surface area contributed by atoms with Gasteiger partial charge in [0.25, 0.3) is 5.91 Å². The number of nitrogens with one attached hydrogen (secondary N) is 1. The molecule has 15 heavy (non-hydrogen) atoms. The van der Waals surface area contributed by atoms with Crippen molar-refractivity contribution in [3.8, 4) is 0 Å². The summed E-state index contributed by atoms with van der Waals surface area (Å²) in [5.74, 6) is 0.176. The number of amides is 1. The Bertz CT molecular complexity index is 464. The quantitative estimate of drug-likeness (QED) is 0.769. The molecule has 0 aromatic carbocycles. The lowest BCUT2D eigenvalue weighted by Crippen LogP contribution is -2.14. The Labute approximate surface area is 86.0 Å². The predicted molar refractivity (Wildman–Crippen MR) is 53.2 cm³/mol. The van der Waals surface area contributed by atoms with Crippen LogP contribution in [0.4, 0.5) is 5.82 Å². The minimum Gasteiger partial charge on any atom is -0.304 e. The molecule has 2 rings (SSSR count). The molecule has 0 bridgehead atoms. The van der Waals surface area contributed by atoms with Gasteiger partial charge in [-0.15, -0.1) is 0 Å². The van der Waals surface area contributed by atoms with Crippen molar-refractivity contribution in [1.82, 2.24) is 19.7 Å². The lowest BCUT2D eigenvalue weighted by atomic mass is 10.4. The van der Waals surface area contributed by atoms with Crippen LogP contribution in [0.3, 0.4) is 0 Å². The molecule has 1 amide bonds. The van der Waals surface area contributed by atoms with Crippen LogP contribution in [0.15, 0.2) is 30.9 Å². The number of aromatic nitrogens is 4. The van der Waals surface area contributed by atoms with E-state index in [1.165, 1.54) is 18.6 Å². The fourth-order valence-electron chi connectivity index (χ4n) is 1.08. The molecule has 2 heterocycles. The van der Waals surface area contributed by atoms with Gasteiger partial charge >= 0.3 is 0 Å². The smallest absolute Gasteiger partial charge is 0.277 e. The van der Waals surface area contributed by atoms with Gasteiger partial charge in [-0.1, -0.05) is 0 Å². The van der Waals surface area contributed by atoms with E-state index in [1.807, 2.05) is 0 Å². The normalized spacial score (nSPS) is 9.93. The standard InChI is InChI=1S/C9H9N5O/c1-14-5-2-8(13-14)12-9(15)7-6-10-3-4-11-7/h2-6H,1H3,(H,12,13,15). The largest absolute Gasteiger partial charge is 0.304 e. The van der Waals surface area contributed by atoms with Gasteiger partial charge in [0.05, 0.1) is 6.20 Å². The van der Waals surface area contributed by atoms with Gasteiger partial charge in [-0.2, -0.15) is 5.10 Å². The van der Waals surface area contributed by atoms with Gasteiger partial charge in [-0.3, -0.25) is 14.5 Å². The average Bonchev–Trinajstić information content (AvgIpc) is 2.65. The maximum atomic E-state index is 11.6. The fourth-order valence-corrected chi connectivity index (χ4v) is 1.08. The Kier molecular flexibility index (Phi) is 2.40. The molecule has 0 aliphatic carbocycles. The molecule has 6 heteroatoms. The molecule has 0 fully saturated rings. The summed E-state index contributed by atoms with van der Waals surface area (Å²) in [6.45, 7) is 0. The summed E-state index contributed by atoms with van der Waals surface area (Å²) in [6, 6.07) is 1.70. The molecule has 0 radical (unpaired) electrons. The molecular weight excluding hydrogens is 194 g/mol. The molecule has 0 saturated carbocycles. The van der Waals surface area contributed by atoms with Gasteiger partial charge in [0.15, 0.2) is 5.82 Å². The van der Waals surface area contributed by atoms with Crippen molar-refractivity contribution >= 4 is 11.7 Å². The van der Waals surface area contributed by atoms with Crippen molar-refractivity contribution in [2.45, 2.75) is 0 Å². The Hall–Kier alpha value is -2.24. The van der Waals surface area contributed by atoms with Crippen LogP contribution < -0.4 is 5.32 Å². The third-order valence-electron chi connectivity index (χ3n) is 1.75. The molecule has 2 aromatic heterocycles. The van der Waals surface area contributed by atoms with Gasteiger partial charge in [-0.05, 0) is 0 Å². The van der Waals surface area contributed by atoms with E-state index >= 15 is 0 Å². The zero-order valence-corrected chi connectivity index (χ0v) is 8.08. The number of anilines is 1. The number of hydrogen-bond acceptors (Lipinski definition) is 4. The highest BCUT2D eigenvalue weighted by Crippen LogP contribution is 2.02. The molecule has 0 unspecified atom stereocenters. The average molecular weight is 203 g/mol. The van der Waals surface area contributed by atoms with Crippen molar-refractivity contribution < 1.29 is 4.79 Å². The van der Waals surface area contributed by atoms with Gasteiger partial charge in [0.1, 0.15) is 5.69 Å². The number of nitrogens with zero attached hydrogens (tertiary/aromatic N) is 4. The molecule has 0 atom stereocenters. The van der Waals surface area contributed by atoms with Crippen LogP contribution in [0.5, 0.6) is 0 Å². The zero-order valence-electron chi connectivity index (χ0n) is 8.08. The molecule has 0 aliphatic heterocycles. The summed E-state index contributed by atoms with van der Waals surface area (Å²) in [5, 5.41) is 6.62. The van der Waals surface area contributed by atoms with Gasteiger partial charge in [0, 0.05) is 31.7 Å². The van der Waals surface area contributed by atoms with E-state index in [9.17, 15) is 4.79 Å². The minimum absolute atomic E-state index is 0.267. The Morgan fingerprint density at radius 3 is 2.93 bits per heavy atom. The van der Waals surface area contributed by atoms with Gasteiger partial charge in [-0.25, -0.2) is 4.98 Å². The highest BCUT2D eigenvalue weighted by Gasteiger charge is 2.08. The second-order valence-electron chi connectivity index (χ2n) is 2.92. The number of hydrogen-bond donors (Lipinski definition) is 1. The van der Waals surface area contributed by atoms with E-state index in [1.54, 1.807) is 24.0 Å². The summed E-state index contributed by atoms with van der Waals surface area (Å²) >= 11 is 0. The van der Waals surface area contributed by atoms with E-state index in [4.69, 9.17) is 0 Å². The van der Waals surface area contributed by atoms with Crippen LogP contribution in [0.1, 0.15) is 10.5 Å². The minimum atomic E-state index is -0.318. The zero-order chi connectivity index (χ0) is 10.7. The van der Waals surface area contributed by atoms with Gasteiger partial charge < -0.3 is 5.32 Å². The number of carbonyl (C=O) groups is 1. The maximum absolute atomic E-state index is 11.6. The fraction of sp³-hybridized carbons (Fsp3) is 0.111. The topological polar surface area (TPSA) is 72.7 Å². The highest BCUT2D eigenvalue weighted by atomic mass is 16.2. The monoisotopic (exact) mass is 203 g/mol. The molecule has 0 saturated heterocycles. The van der Waals surface area contributed by atoms with E-state index in [-0.39, 0.29) is 11.6 Å². The lowest BCUT2D eigenvalue weighted by Gasteiger charge is -1.99. The van der Waals surface area contributed by atoms with Crippen LogP contribution >= 0.6 is 0 Å². The summed E-state index contributed by atoms with van der Waals surface area (Å²) in [7, 11) is 1.78. The number of carbonyl (C=O) groups excluding carboxylic acids is 1. The summed E-state index contributed by atoms with van der Waals surface area (Å²) in [5.41, 5.74) is 0.267. The second-order valence-corrected chi connectivity index (χ2v) is 2.92. The Balaban J connectivity index is 2.11. The van der Waals surface area contributed by atoms with E-state index in [0.717, 1.165) is 0 Å². The van der Waals surface area contributed by atoms with Crippen LogP contribution in [-0.4, -0.2) is 25.7 Å². The van der Waals surface area contributed by atoms with Crippen LogP contribution in [0.2, 0.25) is 0 Å². The third-order valence-corrected chi connectivity index (χ3v) is 1.75. The molecule has 76 valence electrons. The second kappa shape index (κ2) is 3.87. The number of aryl methyl sites for hydroxylation is 1. The van der Waals surface area contributed by atoms with Gasteiger partial charge in [0.2, 0.25) is 0 Å². The molecule has 1 N–H and O–H groups in total. The van der Waals surface area contributed by atoms with Crippen molar-refractivity contribution in [3.05, 3.63) is 36.5 Å². The summed E-state index contributed by atoms with van der Waals surface area (Å²) in [4.78, 5) is 19.2. The van der Waals surface area contributed by atoms with Crippen LogP contribution in [-0.2, 0) is 7.05 Å². The first kappa shape index (κ1) is 9.32. The van der Waals surface area contributed by atoms with E-state index < -0.39 is 0 Å². The summed E-state index contributed by atoms with van der Waals surface area (Å²) in [6.07, 6.45) is 6.12. The predicted octanol–water partition coefficient (Wildman–Crippen LogP) is 0.462. The SMILES string of the molecule is Cn1ccc(NC(=O)c2cnccn2)n1. The van der Waals surface area contributed by atoms with Crippen molar-refractivity contribution in [2.75, 3.05) is 5.32 Å². The van der Waals surface area contributed by atoms with Crippen molar-refractivity contribution in [3.63, 3.8) is 0 Å². The molecular formula is C9H9N5O. The van der Waals surface area contributed by atoms with Crippen molar-refractivity contribution in [2.24, 2.45) is 7.05 Å². The molecule has 0 spiro atoms. The molecule has 2 aromatic rings. The highest BCUT2D eigenvalue weighted by molar-refractivity contribution is 6.01. The summed E-state index contributed by atoms with van der Waals surface area (Å²) < 4.78 is 1.60. The van der Waals surface area contributed by atoms with E-state index in [2.05, 4.69) is 20.4 Å². The number of rotatable bonds is 2. The first-order valence-corrected chi connectivity index (χ1v) is 4.33. The van der Waals surface area contributed by atoms with Crippen LogP contribution in [0.25, 0.3) is 0 Å². The Morgan fingerprint density at radius 2 is 2.33 bits per heavy atom. The van der Waals surface area contributed by atoms with Crippen LogP contribution in [0, 0.1) is 0 Å². The third kappa shape index (κ3) is 2.16. The Morgan fingerprint density at radius 1 is 1.47 bits per heavy atom.